The topological polar surface area (TPSA) is 37.3 Å². The van der Waals surface area contributed by atoms with Gasteiger partial charge in [0, 0.05) is 31.0 Å². The summed E-state index contributed by atoms with van der Waals surface area (Å²) in [5.74, 6) is -0.0205. The predicted octanol–water partition coefficient (Wildman–Crippen LogP) is 2.67. The predicted molar refractivity (Wildman–Crippen MR) is 90.1 cm³/mol. The third-order valence-corrected chi connectivity index (χ3v) is 3.89. The van der Waals surface area contributed by atoms with Crippen LogP contribution in [0.4, 0.5) is 0 Å². The van der Waals surface area contributed by atoms with Crippen LogP contribution >= 0.6 is 0 Å². The van der Waals surface area contributed by atoms with Gasteiger partial charge in [0.15, 0.2) is 0 Å². The molecule has 0 aliphatic rings. The molecular weight excluding hydrogens is 274 g/mol. The highest BCUT2D eigenvalue weighted by Gasteiger charge is 2.18. The van der Waals surface area contributed by atoms with Gasteiger partial charge in [-0.15, -0.1) is 0 Å². The summed E-state index contributed by atoms with van der Waals surface area (Å²) in [5.41, 5.74) is 4.13. The first-order valence-corrected chi connectivity index (χ1v) is 7.52. The molecule has 0 saturated heterocycles. The zero-order valence-electron chi connectivity index (χ0n) is 14.1. The van der Waals surface area contributed by atoms with E-state index >= 15 is 0 Å². The van der Waals surface area contributed by atoms with Crippen LogP contribution in [0.1, 0.15) is 33.2 Å². The van der Waals surface area contributed by atoms with Gasteiger partial charge in [0.25, 0.3) is 5.91 Å². The van der Waals surface area contributed by atoms with E-state index in [1.807, 2.05) is 59.4 Å². The van der Waals surface area contributed by atoms with Crippen LogP contribution in [0.5, 0.6) is 0 Å². The lowest BCUT2D eigenvalue weighted by molar-refractivity contribution is 0.0941. The van der Waals surface area contributed by atoms with Gasteiger partial charge in [0.05, 0.1) is 6.04 Å². The molecule has 1 unspecified atom stereocenters. The second kappa shape index (κ2) is 6.79. The van der Waals surface area contributed by atoms with Gasteiger partial charge in [-0.2, -0.15) is 0 Å². The number of carbonyl (C=O) groups excluding carboxylic acids is 1. The summed E-state index contributed by atoms with van der Waals surface area (Å²) in [4.78, 5) is 14.5. The Labute approximate surface area is 132 Å². The molecule has 2 aromatic rings. The van der Waals surface area contributed by atoms with Crippen molar-refractivity contribution in [2.75, 3.05) is 20.6 Å². The molecule has 0 aliphatic heterocycles. The van der Waals surface area contributed by atoms with E-state index in [-0.39, 0.29) is 11.9 Å². The highest BCUT2D eigenvalue weighted by Crippen LogP contribution is 2.17. The fourth-order valence-electron chi connectivity index (χ4n) is 2.77. The van der Waals surface area contributed by atoms with Gasteiger partial charge in [-0.1, -0.05) is 17.2 Å². The maximum absolute atomic E-state index is 12.4. The van der Waals surface area contributed by atoms with Gasteiger partial charge in [-0.25, -0.2) is 0 Å². The molecule has 118 valence electrons. The molecule has 1 N–H and O–H groups in total. The lowest BCUT2D eigenvalue weighted by Gasteiger charge is -2.25. The van der Waals surface area contributed by atoms with Gasteiger partial charge in [-0.05, 0) is 52.2 Å². The summed E-state index contributed by atoms with van der Waals surface area (Å²) >= 11 is 0. The minimum atomic E-state index is -0.0205. The number of carbonyl (C=O) groups is 1. The van der Waals surface area contributed by atoms with Crippen LogP contribution in [-0.4, -0.2) is 36.0 Å². The Hall–Kier alpha value is -2.07. The largest absolute Gasteiger partial charge is 0.353 e. The minimum Gasteiger partial charge on any atom is -0.353 e. The molecule has 0 spiro atoms. The lowest BCUT2D eigenvalue weighted by atomic mass is 10.1. The first-order chi connectivity index (χ1) is 10.4. The summed E-state index contributed by atoms with van der Waals surface area (Å²) in [7, 11) is 6.08. The van der Waals surface area contributed by atoms with Crippen molar-refractivity contribution in [3.05, 3.63) is 58.9 Å². The number of nitrogens with zero attached hydrogens (tertiary/aromatic N) is 2. The molecule has 1 aromatic carbocycles. The van der Waals surface area contributed by atoms with Crippen molar-refractivity contribution in [3.63, 3.8) is 0 Å². The van der Waals surface area contributed by atoms with Gasteiger partial charge < -0.3 is 9.88 Å². The van der Waals surface area contributed by atoms with Gasteiger partial charge in [0.1, 0.15) is 0 Å². The molecule has 0 saturated carbocycles. The van der Waals surface area contributed by atoms with Crippen LogP contribution in [0.2, 0.25) is 0 Å². The average molecular weight is 299 g/mol. The van der Waals surface area contributed by atoms with Crippen molar-refractivity contribution < 1.29 is 4.79 Å². The van der Waals surface area contributed by atoms with Gasteiger partial charge >= 0.3 is 0 Å². The second-order valence-corrected chi connectivity index (χ2v) is 6.11. The third-order valence-electron chi connectivity index (χ3n) is 3.89. The summed E-state index contributed by atoms with van der Waals surface area (Å²) in [6, 6.07) is 10.2. The number of aryl methyl sites for hydroxylation is 3. The van der Waals surface area contributed by atoms with Crippen molar-refractivity contribution in [2.45, 2.75) is 19.9 Å². The zero-order chi connectivity index (χ0) is 16.3. The van der Waals surface area contributed by atoms with E-state index in [4.69, 9.17) is 0 Å². The Balaban J connectivity index is 2.09. The van der Waals surface area contributed by atoms with Crippen molar-refractivity contribution in [2.24, 2.45) is 7.05 Å². The fraction of sp³-hybridized carbons (Fsp3) is 0.389. The summed E-state index contributed by atoms with van der Waals surface area (Å²) < 4.78 is 2.09. The molecule has 22 heavy (non-hydrogen) atoms. The van der Waals surface area contributed by atoms with Crippen molar-refractivity contribution in [1.82, 2.24) is 14.8 Å². The Morgan fingerprint density at radius 3 is 2.36 bits per heavy atom. The van der Waals surface area contributed by atoms with Crippen LogP contribution in [0.25, 0.3) is 0 Å². The number of nitrogens with one attached hydrogen (secondary N) is 1. The molecule has 4 nitrogen and oxygen atoms in total. The van der Waals surface area contributed by atoms with Crippen LogP contribution in [0.3, 0.4) is 0 Å². The molecule has 0 bridgehead atoms. The summed E-state index contributed by atoms with van der Waals surface area (Å²) in [6.45, 7) is 4.60. The van der Waals surface area contributed by atoms with Crippen molar-refractivity contribution >= 4 is 5.91 Å². The SMILES string of the molecule is Cc1cc(C)cc(C(=O)NCC(c2cccn2C)N(C)C)c1. The van der Waals surface area contributed by atoms with Crippen LogP contribution in [0, 0.1) is 13.8 Å². The minimum absolute atomic E-state index is 0.0205. The van der Waals surface area contributed by atoms with Crippen LogP contribution in [-0.2, 0) is 7.05 Å². The number of hydrogen-bond acceptors (Lipinski definition) is 2. The van der Waals surface area contributed by atoms with E-state index in [1.165, 1.54) is 5.69 Å². The molecule has 2 rings (SSSR count). The van der Waals surface area contributed by atoms with E-state index < -0.39 is 0 Å². The monoisotopic (exact) mass is 299 g/mol. The fourth-order valence-corrected chi connectivity index (χ4v) is 2.77. The van der Waals surface area contributed by atoms with Crippen molar-refractivity contribution in [1.29, 1.82) is 0 Å². The van der Waals surface area contributed by atoms with Gasteiger partial charge in [-0.3, -0.25) is 9.69 Å². The molecule has 0 aliphatic carbocycles. The highest BCUT2D eigenvalue weighted by atomic mass is 16.1. The Bertz CT molecular complexity index is 638. The Kier molecular flexibility index (Phi) is 5.03. The smallest absolute Gasteiger partial charge is 0.251 e. The molecule has 4 heteroatoms. The number of likely N-dealkylation sites (N-methyl/N-ethyl adjacent to an activating group) is 1. The number of rotatable bonds is 5. The molecule has 0 fully saturated rings. The average Bonchev–Trinajstić information content (AvgIpc) is 2.83. The van der Waals surface area contributed by atoms with Crippen molar-refractivity contribution in [3.8, 4) is 0 Å². The Morgan fingerprint density at radius 1 is 1.23 bits per heavy atom. The maximum Gasteiger partial charge on any atom is 0.251 e. The molecular formula is C18H25N3O. The number of benzene rings is 1. The quantitative estimate of drug-likeness (QED) is 0.921. The van der Waals surface area contributed by atoms with Crippen LogP contribution < -0.4 is 5.32 Å². The maximum atomic E-state index is 12.4. The normalized spacial score (nSPS) is 12.5. The second-order valence-electron chi connectivity index (χ2n) is 6.11. The summed E-state index contributed by atoms with van der Waals surface area (Å²) in [6.07, 6.45) is 2.03. The number of hydrogen-bond donors (Lipinski definition) is 1. The van der Waals surface area contributed by atoms with E-state index in [1.54, 1.807) is 0 Å². The molecule has 1 atom stereocenters. The van der Waals surface area contributed by atoms with E-state index in [0.29, 0.717) is 6.54 Å². The standard InChI is InChI=1S/C18H25N3O/c1-13-9-14(2)11-15(10-13)18(22)19-12-17(20(3)4)16-7-6-8-21(16)5/h6-11,17H,12H2,1-5H3,(H,19,22). The van der Waals surface area contributed by atoms with E-state index in [2.05, 4.69) is 26.9 Å². The lowest BCUT2D eigenvalue weighted by Crippen LogP contribution is -2.35. The molecule has 1 aromatic heterocycles. The van der Waals surface area contributed by atoms with E-state index in [0.717, 1.165) is 16.7 Å². The number of aromatic nitrogens is 1. The Morgan fingerprint density at radius 2 is 1.86 bits per heavy atom. The van der Waals surface area contributed by atoms with E-state index in [9.17, 15) is 4.79 Å². The summed E-state index contributed by atoms with van der Waals surface area (Å²) in [5, 5.41) is 3.06. The molecule has 1 amide bonds. The number of amides is 1. The first kappa shape index (κ1) is 16.3. The first-order valence-electron chi connectivity index (χ1n) is 7.52. The van der Waals surface area contributed by atoms with Gasteiger partial charge in [0.2, 0.25) is 0 Å². The zero-order valence-corrected chi connectivity index (χ0v) is 14.1. The third kappa shape index (κ3) is 3.77. The van der Waals surface area contributed by atoms with Crippen LogP contribution in [0.15, 0.2) is 36.5 Å². The molecule has 1 heterocycles. The molecule has 0 radical (unpaired) electrons. The highest BCUT2D eigenvalue weighted by molar-refractivity contribution is 5.94.